The molecule has 0 aromatic rings. The Morgan fingerprint density at radius 3 is 0.607 bits per heavy atom. The molecule has 0 spiro atoms. The molecule has 0 bridgehead atoms. The monoisotopic (exact) mass is 420 g/mol. The number of aliphatic hydroxyl groups excluding tert-OH is 4. The first-order valence-electron chi connectivity index (χ1n) is 7.52. The summed E-state index contributed by atoms with van der Waals surface area (Å²) in [6.45, 7) is 5.98. The summed E-state index contributed by atoms with van der Waals surface area (Å²) in [5.74, 6) is -4.74. The summed E-state index contributed by atoms with van der Waals surface area (Å²) in [5.41, 5.74) is 9.81. The van der Waals surface area contributed by atoms with Gasteiger partial charge in [0.1, 0.15) is 24.4 Å². The molecule has 4 atom stereocenters. The Labute approximate surface area is 161 Å². The minimum atomic E-state index is -1.23. The summed E-state index contributed by atoms with van der Waals surface area (Å²) in [4.78, 5) is 37.8. The summed E-state index contributed by atoms with van der Waals surface area (Å²) in [6, 6.07) is 0. The molecule has 0 heterocycles. The lowest BCUT2D eigenvalue weighted by atomic mass is 10.4. The van der Waals surface area contributed by atoms with E-state index in [1.807, 2.05) is 0 Å². The summed E-state index contributed by atoms with van der Waals surface area (Å²) >= 11 is 0. The Morgan fingerprint density at radius 2 is 0.607 bits per heavy atom. The average Bonchev–Trinajstić information content (AvgIpc) is 2.56. The molecule has 0 saturated heterocycles. The molecule has 0 aliphatic heterocycles. The van der Waals surface area contributed by atoms with E-state index in [4.69, 9.17) is 52.3 Å². The Hall–Kier alpha value is -2.36. The van der Waals surface area contributed by atoms with Gasteiger partial charge in [0.15, 0.2) is 0 Å². The molecular weight excluding hydrogens is 388 g/mol. The molecular formula is C14H32N2O12. The van der Waals surface area contributed by atoms with Crippen molar-refractivity contribution in [1.82, 2.24) is 0 Å². The van der Waals surface area contributed by atoms with Crippen molar-refractivity contribution in [3.63, 3.8) is 0 Å². The van der Waals surface area contributed by atoms with Crippen LogP contribution in [0.25, 0.3) is 0 Å². The third kappa shape index (κ3) is 56.5. The van der Waals surface area contributed by atoms with Crippen LogP contribution in [0.1, 0.15) is 27.7 Å². The average molecular weight is 420 g/mol. The molecule has 0 radical (unpaired) electrons. The molecule has 0 aromatic heterocycles. The summed E-state index contributed by atoms with van der Waals surface area (Å²) in [7, 11) is 0. The number of rotatable bonds is 5. The van der Waals surface area contributed by atoms with Crippen molar-refractivity contribution < 1.29 is 60.0 Å². The molecule has 0 amide bonds. The molecule has 0 aromatic carbocycles. The van der Waals surface area contributed by atoms with Crippen LogP contribution in [-0.2, 0) is 19.2 Å². The highest BCUT2D eigenvalue weighted by atomic mass is 16.4. The first-order chi connectivity index (χ1) is 12.5. The van der Waals surface area contributed by atoms with Gasteiger partial charge in [0.2, 0.25) is 0 Å². The highest BCUT2D eigenvalue weighted by molar-refractivity contribution is 5.72. The van der Waals surface area contributed by atoms with Crippen molar-refractivity contribution in [1.29, 1.82) is 0 Å². The molecule has 0 rings (SSSR count). The maximum atomic E-state index is 9.45. The van der Waals surface area contributed by atoms with E-state index in [-0.39, 0.29) is 0 Å². The number of nitrogens with two attached hydrogens (primary N) is 2. The molecule has 14 heteroatoms. The smallest absolute Gasteiger partial charge is 0.332 e. The fourth-order valence-corrected chi connectivity index (χ4v) is 0. The van der Waals surface area contributed by atoms with Crippen LogP contribution in [0.15, 0.2) is 0 Å². The predicted molar refractivity (Wildman–Crippen MR) is 95.4 cm³/mol. The first kappa shape index (κ1) is 36.5. The van der Waals surface area contributed by atoms with Crippen LogP contribution in [0.3, 0.4) is 0 Å². The molecule has 0 aliphatic rings. The fraction of sp³-hybridized carbons (Fsp3) is 0.714. The normalized spacial score (nSPS) is 12.8. The van der Waals surface area contributed by atoms with Crippen LogP contribution in [0, 0.1) is 0 Å². The third-order valence-corrected chi connectivity index (χ3v) is 1.60. The number of carbonyl (C=O) groups is 4. The summed E-state index contributed by atoms with van der Waals surface area (Å²) < 4.78 is 0. The predicted octanol–water partition coefficient (Wildman–Crippen LogP) is -3.29. The Balaban J connectivity index is -0.0000000793. The molecule has 4 unspecified atom stereocenters. The second-order valence-electron chi connectivity index (χ2n) is 4.63. The van der Waals surface area contributed by atoms with E-state index in [0.29, 0.717) is 13.1 Å². The van der Waals surface area contributed by atoms with Gasteiger partial charge < -0.3 is 52.3 Å². The number of aliphatic hydroxyl groups is 4. The maximum absolute atomic E-state index is 9.45. The fourth-order valence-electron chi connectivity index (χ4n) is 0. The van der Waals surface area contributed by atoms with E-state index in [1.165, 1.54) is 27.7 Å². The number of hydrogen-bond donors (Lipinski definition) is 10. The summed E-state index contributed by atoms with van der Waals surface area (Å²) in [6.07, 6.45) is -4.93. The summed E-state index contributed by atoms with van der Waals surface area (Å²) in [5, 5.41) is 63.1. The van der Waals surface area contributed by atoms with Crippen LogP contribution >= 0.6 is 0 Å². The van der Waals surface area contributed by atoms with Crippen molar-refractivity contribution >= 4 is 23.9 Å². The van der Waals surface area contributed by atoms with Gasteiger partial charge in [-0.1, -0.05) is 0 Å². The lowest BCUT2D eigenvalue weighted by Crippen LogP contribution is -2.13. The van der Waals surface area contributed by atoms with Crippen LogP contribution in [-0.4, -0.2) is 102 Å². The number of carboxylic acids is 4. The molecule has 0 aliphatic carbocycles. The number of hydrogen-bond acceptors (Lipinski definition) is 10. The van der Waals surface area contributed by atoms with Gasteiger partial charge in [0, 0.05) is 13.1 Å². The van der Waals surface area contributed by atoms with Gasteiger partial charge in [-0.3, -0.25) is 0 Å². The van der Waals surface area contributed by atoms with Crippen molar-refractivity contribution in [2.45, 2.75) is 52.1 Å². The first-order valence-corrected chi connectivity index (χ1v) is 7.52. The minimum Gasteiger partial charge on any atom is -0.479 e. The highest BCUT2D eigenvalue weighted by Gasteiger charge is 2.02. The van der Waals surface area contributed by atoms with E-state index < -0.39 is 48.3 Å². The highest BCUT2D eigenvalue weighted by Crippen LogP contribution is 1.74. The second kappa shape index (κ2) is 24.6. The van der Waals surface area contributed by atoms with E-state index in [0.717, 1.165) is 0 Å². The van der Waals surface area contributed by atoms with Gasteiger partial charge in [0.05, 0.1) is 0 Å². The quantitative estimate of drug-likeness (QED) is 0.208. The van der Waals surface area contributed by atoms with Crippen molar-refractivity contribution in [3.8, 4) is 0 Å². The molecule has 0 saturated carbocycles. The zero-order chi connectivity index (χ0) is 24.0. The van der Waals surface area contributed by atoms with Gasteiger partial charge in [-0.2, -0.15) is 0 Å². The lowest BCUT2D eigenvalue weighted by molar-refractivity contribution is -0.146. The Kier molecular flexibility index (Phi) is 32.2. The molecule has 170 valence electrons. The standard InChI is InChI=1S/4C3H6O3.C2H8N2/c4*1-2(4)3(5)6;3-1-2-4/h4*2,4H,1H3,(H,5,6);1-4H2. The molecule has 0 fully saturated rings. The van der Waals surface area contributed by atoms with E-state index >= 15 is 0 Å². The second-order valence-corrected chi connectivity index (χ2v) is 4.63. The third-order valence-electron chi connectivity index (χ3n) is 1.60. The molecule has 12 N–H and O–H groups in total. The van der Waals surface area contributed by atoms with Crippen LogP contribution < -0.4 is 11.5 Å². The van der Waals surface area contributed by atoms with Gasteiger partial charge in [-0.05, 0) is 27.7 Å². The minimum absolute atomic E-state index is 0.597. The Bertz CT molecular complexity index is 337. The van der Waals surface area contributed by atoms with Gasteiger partial charge in [-0.25, -0.2) is 19.2 Å². The van der Waals surface area contributed by atoms with Crippen molar-refractivity contribution in [2.75, 3.05) is 13.1 Å². The van der Waals surface area contributed by atoms with Crippen molar-refractivity contribution in [2.24, 2.45) is 11.5 Å². The van der Waals surface area contributed by atoms with E-state index in [2.05, 4.69) is 0 Å². The molecule has 14 nitrogen and oxygen atoms in total. The van der Waals surface area contributed by atoms with Crippen LogP contribution in [0.4, 0.5) is 0 Å². The number of carboxylic acid groups (broad SMARTS) is 4. The lowest BCUT2D eigenvalue weighted by Gasteiger charge is -1.89. The van der Waals surface area contributed by atoms with Gasteiger partial charge in [0.25, 0.3) is 0 Å². The SMILES string of the molecule is CC(O)C(=O)O.CC(O)C(=O)O.CC(O)C(=O)O.CC(O)C(=O)O.NCCN. The van der Waals surface area contributed by atoms with Gasteiger partial charge >= 0.3 is 23.9 Å². The topological polar surface area (TPSA) is 282 Å². The molecule has 28 heavy (non-hydrogen) atoms. The largest absolute Gasteiger partial charge is 0.479 e. The number of aliphatic carboxylic acids is 4. The van der Waals surface area contributed by atoms with Gasteiger partial charge in [-0.15, -0.1) is 0 Å². The van der Waals surface area contributed by atoms with E-state index in [9.17, 15) is 19.2 Å². The van der Waals surface area contributed by atoms with Crippen LogP contribution in [0.5, 0.6) is 0 Å². The zero-order valence-corrected chi connectivity index (χ0v) is 16.1. The van der Waals surface area contributed by atoms with Crippen LogP contribution in [0.2, 0.25) is 0 Å². The Morgan fingerprint density at radius 1 is 0.536 bits per heavy atom. The zero-order valence-electron chi connectivity index (χ0n) is 16.1. The van der Waals surface area contributed by atoms with E-state index in [1.54, 1.807) is 0 Å². The maximum Gasteiger partial charge on any atom is 0.332 e. The van der Waals surface area contributed by atoms with Crippen molar-refractivity contribution in [3.05, 3.63) is 0 Å².